The molecule has 0 aliphatic heterocycles. The number of hydrogen-bond acceptors (Lipinski definition) is 1. The zero-order valence-corrected chi connectivity index (χ0v) is 8.00. The molecule has 1 nitrogen and oxygen atoms in total. The van der Waals surface area contributed by atoms with Crippen molar-refractivity contribution in [3.8, 4) is 11.1 Å². The van der Waals surface area contributed by atoms with Gasteiger partial charge < -0.3 is 0 Å². The molecular weight excluding hydrogens is 201 g/mol. The highest BCUT2D eigenvalue weighted by atomic mass is 35.5. The maximum absolute atomic E-state index is 13.4. The molecule has 0 aliphatic rings. The molecule has 0 saturated carbocycles. The third-order valence-corrected chi connectivity index (χ3v) is 2.20. The van der Waals surface area contributed by atoms with Gasteiger partial charge in [-0.05, 0) is 5.56 Å². The van der Waals surface area contributed by atoms with E-state index in [0.29, 0.717) is 10.6 Å². The van der Waals surface area contributed by atoms with E-state index in [1.54, 1.807) is 0 Å². The van der Waals surface area contributed by atoms with Crippen molar-refractivity contribution < 1.29 is 4.39 Å². The van der Waals surface area contributed by atoms with Gasteiger partial charge in [0.25, 0.3) is 0 Å². The Morgan fingerprint density at radius 2 is 1.79 bits per heavy atom. The van der Waals surface area contributed by atoms with Crippen LogP contribution in [0.5, 0.6) is 0 Å². The fourth-order valence-corrected chi connectivity index (χ4v) is 1.55. The number of hydrogen-bond donors (Lipinski definition) is 0. The maximum atomic E-state index is 13.4. The molecule has 0 N–H and O–H groups in total. The van der Waals surface area contributed by atoms with Crippen molar-refractivity contribution in [1.82, 2.24) is 4.98 Å². The molecule has 14 heavy (non-hydrogen) atoms. The predicted octanol–water partition coefficient (Wildman–Crippen LogP) is 3.54. The zero-order valence-electron chi connectivity index (χ0n) is 7.24. The first kappa shape index (κ1) is 9.16. The maximum Gasteiger partial charge on any atom is 0.150 e. The Morgan fingerprint density at radius 1 is 1.07 bits per heavy atom. The van der Waals surface area contributed by atoms with Gasteiger partial charge in [-0.25, -0.2) is 4.39 Å². The monoisotopic (exact) mass is 207 g/mol. The molecule has 0 aliphatic carbocycles. The van der Waals surface area contributed by atoms with Crippen LogP contribution in [0.3, 0.4) is 0 Å². The van der Waals surface area contributed by atoms with E-state index >= 15 is 0 Å². The summed E-state index contributed by atoms with van der Waals surface area (Å²) < 4.78 is 13.4. The van der Waals surface area contributed by atoms with E-state index in [0.717, 1.165) is 11.8 Å². The highest BCUT2D eigenvalue weighted by Crippen LogP contribution is 2.28. The lowest BCUT2D eigenvalue weighted by Crippen LogP contribution is -1.87. The van der Waals surface area contributed by atoms with Gasteiger partial charge in [-0.2, -0.15) is 0 Å². The van der Waals surface area contributed by atoms with Crippen molar-refractivity contribution >= 4 is 11.6 Å². The Kier molecular flexibility index (Phi) is 2.46. The first-order chi connectivity index (χ1) is 6.79. The van der Waals surface area contributed by atoms with Gasteiger partial charge in [0.2, 0.25) is 0 Å². The van der Waals surface area contributed by atoms with Crippen molar-refractivity contribution in [2.75, 3.05) is 0 Å². The van der Waals surface area contributed by atoms with E-state index in [9.17, 15) is 4.39 Å². The van der Waals surface area contributed by atoms with Crippen LogP contribution < -0.4 is 0 Å². The molecule has 0 atom stereocenters. The molecule has 3 heteroatoms. The van der Waals surface area contributed by atoms with Crippen molar-refractivity contribution in [2.45, 2.75) is 0 Å². The summed E-state index contributed by atoms with van der Waals surface area (Å²) in [6, 6.07) is 9.17. The minimum atomic E-state index is -0.399. The largest absolute Gasteiger partial charge is 0.260 e. The quantitative estimate of drug-likeness (QED) is 0.697. The topological polar surface area (TPSA) is 12.9 Å². The average Bonchev–Trinajstić information content (AvgIpc) is 2.19. The van der Waals surface area contributed by atoms with E-state index in [1.165, 1.54) is 6.20 Å². The standard InChI is InChI=1S/C11H7ClFN/c12-9-6-14-7-10(13)11(9)8-4-2-1-3-5-8/h1-7H. The van der Waals surface area contributed by atoms with Gasteiger partial charge >= 0.3 is 0 Å². The van der Waals surface area contributed by atoms with Crippen LogP contribution in [0.1, 0.15) is 0 Å². The minimum absolute atomic E-state index is 0.330. The first-order valence-electron chi connectivity index (χ1n) is 4.13. The molecule has 70 valence electrons. The molecule has 0 fully saturated rings. The van der Waals surface area contributed by atoms with E-state index in [4.69, 9.17) is 11.6 Å². The van der Waals surface area contributed by atoms with Crippen LogP contribution in [0.4, 0.5) is 4.39 Å². The smallest absolute Gasteiger partial charge is 0.150 e. The Labute approximate surface area is 86.2 Å². The average molecular weight is 208 g/mol. The van der Waals surface area contributed by atoms with E-state index in [2.05, 4.69) is 4.98 Å². The lowest BCUT2D eigenvalue weighted by atomic mass is 10.1. The SMILES string of the molecule is Fc1cncc(Cl)c1-c1ccccc1. The Hall–Kier alpha value is -1.41. The number of pyridine rings is 1. The van der Waals surface area contributed by atoms with Gasteiger partial charge in [0, 0.05) is 11.8 Å². The normalized spacial score (nSPS) is 10.1. The summed E-state index contributed by atoms with van der Waals surface area (Å²) in [5.74, 6) is -0.399. The van der Waals surface area contributed by atoms with Gasteiger partial charge in [0.1, 0.15) is 0 Å². The van der Waals surface area contributed by atoms with Crippen LogP contribution in [0.15, 0.2) is 42.7 Å². The molecule has 2 rings (SSSR count). The highest BCUT2D eigenvalue weighted by Gasteiger charge is 2.08. The molecule has 2 aromatic rings. The fraction of sp³-hybridized carbons (Fsp3) is 0. The van der Waals surface area contributed by atoms with Crippen molar-refractivity contribution in [2.24, 2.45) is 0 Å². The summed E-state index contributed by atoms with van der Waals surface area (Å²) in [7, 11) is 0. The second-order valence-electron chi connectivity index (χ2n) is 2.84. The minimum Gasteiger partial charge on any atom is -0.260 e. The van der Waals surface area contributed by atoms with Crippen molar-refractivity contribution in [1.29, 1.82) is 0 Å². The predicted molar refractivity (Wildman–Crippen MR) is 54.6 cm³/mol. The van der Waals surface area contributed by atoms with Gasteiger partial charge in [0.15, 0.2) is 5.82 Å². The van der Waals surface area contributed by atoms with Gasteiger partial charge in [0.05, 0.1) is 11.2 Å². The Balaban J connectivity index is 2.63. The van der Waals surface area contributed by atoms with Gasteiger partial charge in [-0.1, -0.05) is 41.9 Å². The zero-order chi connectivity index (χ0) is 9.97. The van der Waals surface area contributed by atoms with E-state index < -0.39 is 5.82 Å². The molecule has 0 saturated heterocycles. The molecule has 0 radical (unpaired) electrons. The highest BCUT2D eigenvalue weighted by molar-refractivity contribution is 6.33. The number of rotatable bonds is 1. The molecule has 0 bridgehead atoms. The van der Waals surface area contributed by atoms with E-state index in [-0.39, 0.29) is 0 Å². The first-order valence-corrected chi connectivity index (χ1v) is 4.51. The summed E-state index contributed by atoms with van der Waals surface area (Å²) in [5, 5.41) is 0.330. The summed E-state index contributed by atoms with van der Waals surface area (Å²) in [6.45, 7) is 0. The van der Waals surface area contributed by atoms with Gasteiger partial charge in [-0.3, -0.25) is 4.98 Å². The van der Waals surface area contributed by atoms with Crippen LogP contribution >= 0.6 is 11.6 Å². The number of nitrogens with zero attached hydrogens (tertiary/aromatic N) is 1. The number of halogens is 2. The number of benzene rings is 1. The molecule has 1 aromatic carbocycles. The summed E-state index contributed by atoms with van der Waals surface area (Å²) in [6.07, 6.45) is 2.60. The van der Waals surface area contributed by atoms with Crippen LogP contribution in [0.25, 0.3) is 11.1 Å². The van der Waals surface area contributed by atoms with E-state index in [1.807, 2.05) is 30.3 Å². The lowest BCUT2D eigenvalue weighted by Gasteiger charge is -2.04. The second-order valence-corrected chi connectivity index (χ2v) is 3.25. The molecule has 1 heterocycles. The third kappa shape index (κ3) is 1.61. The molecule has 0 spiro atoms. The summed E-state index contributed by atoms with van der Waals surface area (Å²) >= 11 is 5.86. The summed E-state index contributed by atoms with van der Waals surface area (Å²) in [4.78, 5) is 3.66. The molecule has 1 aromatic heterocycles. The number of aromatic nitrogens is 1. The van der Waals surface area contributed by atoms with Crippen LogP contribution in [-0.2, 0) is 0 Å². The Morgan fingerprint density at radius 3 is 2.43 bits per heavy atom. The van der Waals surface area contributed by atoms with Crippen molar-refractivity contribution in [3.05, 3.63) is 53.6 Å². The summed E-state index contributed by atoms with van der Waals surface area (Å²) in [5.41, 5.74) is 1.17. The Bertz CT molecular complexity index is 422. The van der Waals surface area contributed by atoms with Crippen LogP contribution in [0, 0.1) is 5.82 Å². The van der Waals surface area contributed by atoms with Gasteiger partial charge in [-0.15, -0.1) is 0 Å². The van der Waals surface area contributed by atoms with Crippen LogP contribution in [-0.4, -0.2) is 4.98 Å². The molecule has 0 unspecified atom stereocenters. The molecule has 0 amide bonds. The fourth-order valence-electron chi connectivity index (χ4n) is 1.29. The van der Waals surface area contributed by atoms with Crippen LogP contribution in [0.2, 0.25) is 5.02 Å². The molecular formula is C11H7ClFN. The second kappa shape index (κ2) is 3.76. The third-order valence-electron chi connectivity index (χ3n) is 1.92. The lowest BCUT2D eigenvalue weighted by molar-refractivity contribution is 0.625. The van der Waals surface area contributed by atoms with Crippen molar-refractivity contribution in [3.63, 3.8) is 0 Å².